The molecule has 1 spiro atoms. The van der Waals surface area contributed by atoms with Crippen molar-refractivity contribution in [1.82, 2.24) is 14.7 Å². The van der Waals surface area contributed by atoms with E-state index >= 15 is 0 Å². The standard InChI is InChI=1S/C31H41N3O5/c1-21(2)24-9-5-6-10-25(24)26-19-32(18-22-8-7-11-27(38-3)29(22)39-4)20-28(35)34(26)23-16-31(17-23)12-14-33(15-13-31)30(36)37/h5-11,21,23,26H,12-20H2,1-4H3,(H,36,37). The molecule has 2 saturated heterocycles. The van der Waals surface area contributed by atoms with E-state index in [1.165, 1.54) is 16.0 Å². The van der Waals surface area contributed by atoms with Crippen molar-refractivity contribution in [2.24, 2.45) is 5.41 Å². The number of nitrogens with zero attached hydrogens (tertiary/aromatic N) is 3. The number of methoxy groups -OCH3 is 2. The van der Waals surface area contributed by atoms with Gasteiger partial charge in [0.15, 0.2) is 11.5 Å². The molecule has 8 heteroatoms. The number of ether oxygens (including phenoxy) is 2. The maximum Gasteiger partial charge on any atom is 0.407 e. The highest BCUT2D eigenvalue weighted by Gasteiger charge is 2.52. The van der Waals surface area contributed by atoms with Crippen molar-refractivity contribution >= 4 is 12.0 Å². The number of carboxylic acid groups (broad SMARTS) is 1. The molecule has 1 aliphatic carbocycles. The molecular formula is C31H41N3O5. The number of piperazine rings is 1. The van der Waals surface area contributed by atoms with Crippen LogP contribution in [0.2, 0.25) is 0 Å². The van der Waals surface area contributed by atoms with Crippen molar-refractivity contribution in [3.8, 4) is 11.5 Å². The zero-order valence-electron chi connectivity index (χ0n) is 23.6. The Labute approximate surface area is 231 Å². The van der Waals surface area contributed by atoms with Gasteiger partial charge < -0.3 is 24.4 Å². The third-order valence-electron chi connectivity index (χ3n) is 9.09. The molecule has 3 fully saturated rings. The summed E-state index contributed by atoms with van der Waals surface area (Å²) in [6.45, 7) is 7.29. The lowest BCUT2D eigenvalue weighted by molar-refractivity contribution is -0.153. The first kappa shape index (κ1) is 27.3. The molecule has 0 aromatic heterocycles. The number of hydrogen-bond acceptors (Lipinski definition) is 5. The molecule has 2 amide bonds. The van der Waals surface area contributed by atoms with Gasteiger partial charge in [0.25, 0.3) is 0 Å². The maximum absolute atomic E-state index is 13.9. The summed E-state index contributed by atoms with van der Waals surface area (Å²) in [7, 11) is 3.29. The van der Waals surface area contributed by atoms with Crippen molar-refractivity contribution in [3.63, 3.8) is 0 Å². The molecule has 0 radical (unpaired) electrons. The zero-order chi connectivity index (χ0) is 27.7. The topological polar surface area (TPSA) is 82.6 Å². The average molecular weight is 536 g/mol. The van der Waals surface area contributed by atoms with Gasteiger partial charge in [0.1, 0.15) is 0 Å². The van der Waals surface area contributed by atoms with Gasteiger partial charge in [-0.05, 0) is 54.2 Å². The lowest BCUT2D eigenvalue weighted by atomic mass is 9.59. The van der Waals surface area contributed by atoms with Crippen molar-refractivity contribution < 1.29 is 24.2 Å². The van der Waals surface area contributed by atoms with Crippen LogP contribution in [0.5, 0.6) is 11.5 Å². The highest BCUT2D eigenvalue weighted by molar-refractivity contribution is 5.80. The molecule has 5 rings (SSSR count). The fraction of sp³-hybridized carbons (Fsp3) is 0.548. The van der Waals surface area contributed by atoms with Gasteiger partial charge in [-0.25, -0.2) is 4.79 Å². The second-order valence-corrected chi connectivity index (χ2v) is 11.8. The summed E-state index contributed by atoms with van der Waals surface area (Å²) in [6.07, 6.45) is 2.84. The average Bonchev–Trinajstić information content (AvgIpc) is 2.91. The Hall–Kier alpha value is -3.26. The van der Waals surface area contributed by atoms with E-state index in [1.807, 2.05) is 18.2 Å². The van der Waals surface area contributed by atoms with Crippen LogP contribution < -0.4 is 9.47 Å². The Morgan fingerprint density at radius 2 is 1.77 bits per heavy atom. The quantitative estimate of drug-likeness (QED) is 0.529. The summed E-state index contributed by atoms with van der Waals surface area (Å²) in [5, 5.41) is 9.37. The molecule has 1 atom stereocenters. The van der Waals surface area contributed by atoms with Gasteiger partial charge in [0, 0.05) is 37.8 Å². The van der Waals surface area contributed by atoms with Gasteiger partial charge in [-0.15, -0.1) is 0 Å². The van der Waals surface area contributed by atoms with Gasteiger partial charge in [0.2, 0.25) is 5.91 Å². The minimum Gasteiger partial charge on any atom is -0.493 e. The van der Waals surface area contributed by atoms with E-state index in [-0.39, 0.29) is 23.4 Å². The smallest absolute Gasteiger partial charge is 0.407 e. The first-order valence-corrected chi connectivity index (χ1v) is 14.1. The lowest BCUT2D eigenvalue weighted by Crippen LogP contribution is -2.62. The molecule has 39 heavy (non-hydrogen) atoms. The number of piperidine rings is 1. The molecule has 210 valence electrons. The Balaban J connectivity index is 1.40. The summed E-state index contributed by atoms with van der Waals surface area (Å²) >= 11 is 0. The summed E-state index contributed by atoms with van der Waals surface area (Å²) in [6, 6.07) is 14.6. The van der Waals surface area contributed by atoms with Crippen LogP contribution in [0.15, 0.2) is 42.5 Å². The maximum atomic E-state index is 13.9. The number of hydrogen-bond donors (Lipinski definition) is 1. The minimum atomic E-state index is -0.829. The molecule has 2 aromatic rings. The van der Waals surface area contributed by atoms with Crippen LogP contribution in [0.1, 0.15) is 68.2 Å². The number of benzene rings is 2. The number of carbonyl (C=O) groups excluding carboxylic acids is 1. The van der Waals surface area contributed by atoms with E-state index in [9.17, 15) is 14.7 Å². The molecule has 2 heterocycles. The molecule has 8 nitrogen and oxygen atoms in total. The predicted molar refractivity (Wildman–Crippen MR) is 149 cm³/mol. The van der Waals surface area contributed by atoms with Crippen LogP contribution in [0.25, 0.3) is 0 Å². The van der Waals surface area contributed by atoms with Crippen molar-refractivity contribution in [2.45, 2.75) is 64.1 Å². The van der Waals surface area contributed by atoms with Crippen LogP contribution in [0.3, 0.4) is 0 Å². The molecule has 3 aliphatic rings. The van der Waals surface area contributed by atoms with Crippen LogP contribution in [-0.4, -0.2) is 78.2 Å². The van der Waals surface area contributed by atoms with Crippen LogP contribution in [-0.2, 0) is 11.3 Å². The Morgan fingerprint density at radius 3 is 2.41 bits per heavy atom. The summed E-state index contributed by atoms with van der Waals surface area (Å²) < 4.78 is 11.2. The zero-order valence-corrected chi connectivity index (χ0v) is 23.6. The fourth-order valence-corrected chi connectivity index (χ4v) is 7.05. The van der Waals surface area contributed by atoms with Crippen LogP contribution in [0.4, 0.5) is 4.79 Å². The first-order chi connectivity index (χ1) is 18.7. The molecule has 1 N–H and O–H groups in total. The number of amides is 2. The van der Waals surface area contributed by atoms with Gasteiger partial charge in [-0.3, -0.25) is 9.69 Å². The number of likely N-dealkylation sites (tertiary alicyclic amines) is 1. The molecule has 1 saturated carbocycles. The van der Waals surface area contributed by atoms with Crippen molar-refractivity contribution in [3.05, 3.63) is 59.2 Å². The van der Waals surface area contributed by atoms with Crippen molar-refractivity contribution in [2.75, 3.05) is 40.4 Å². The lowest BCUT2D eigenvalue weighted by Gasteiger charge is -2.58. The van der Waals surface area contributed by atoms with E-state index < -0.39 is 6.09 Å². The number of para-hydroxylation sites is 1. The molecule has 2 aromatic carbocycles. The van der Waals surface area contributed by atoms with E-state index in [0.717, 1.165) is 37.8 Å². The Bertz CT molecular complexity index is 1200. The largest absolute Gasteiger partial charge is 0.493 e. The molecule has 2 aliphatic heterocycles. The fourth-order valence-electron chi connectivity index (χ4n) is 7.05. The minimum absolute atomic E-state index is 0.0390. The molecular weight excluding hydrogens is 494 g/mol. The monoisotopic (exact) mass is 535 g/mol. The van der Waals surface area contributed by atoms with E-state index in [0.29, 0.717) is 43.6 Å². The second-order valence-electron chi connectivity index (χ2n) is 11.8. The highest BCUT2D eigenvalue weighted by Crippen LogP contribution is 2.53. The van der Waals surface area contributed by atoms with Gasteiger partial charge in [-0.2, -0.15) is 0 Å². The van der Waals surface area contributed by atoms with Crippen LogP contribution in [0, 0.1) is 5.41 Å². The van der Waals surface area contributed by atoms with Crippen LogP contribution >= 0.6 is 0 Å². The first-order valence-electron chi connectivity index (χ1n) is 14.1. The Morgan fingerprint density at radius 1 is 1.05 bits per heavy atom. The molecule has 0 bridgehead atoms. The highest BCUT2D eigenvalue weighted by atomic mass is 16.5. The van der Waals surface area contributed by atoms with Crippen molar-refractivity contribution in [1.29, 1.82) is 0 Å². The summed E-state index contributed by atoms with van der Waals surface area (Å²) in [4.78, 5) is 31.3. The third-order valence-corrected chi connectivity index (χ3v) is 9.09. The van der Waals surface area contributed by atoms with Gasteiger partial charge >= 0.3 is 6.09 Å². The van der Waals surface area contributed by atoms with E-state index in [2.05, 4.69) is 47.9 Å². The van der Waals surface area contributed by atoms with E-state index in [1.54, 1.807) is 14.2 Å². The molecule has 1 unspecified atom stereocenters. The van der Waals surface area contributed by atoms with E-state index in [4.69, 9.17) is 9.47 Å². The number of carbonyl (C=O) groups is 2. The van der Waals surface area contributed by atoms with Gasteiger partial charge in [-0.1, -0.05) is 50.2 Å². The second kappa shape index (κ2) is 11.1. The third kappa shape index (κ3) is 5.31. The van der Waals surface area contributed by atoms with Gasteiger partial charge in [0.05, 0.1) is 26.8 Å². The SMILES string of the molecule is COc1cccc(CN2CC(=O)N(C3CC4(CCN(C(=O)O)CC4)C3)C(c3ccccc3C(C)C)C2)c1OC. The summed E-state index contributed by atoms with van der Waals surface area (Å²) in [5.41, 5.74) is 3.67. The summed E-state index contributed by atoms with van der Waals surface area (Å²) in [5.74, 6) is 1.91. The number of rotatable bonds is 7. The predicted octanol–water partition coefficient (Wildman–Crippen LogP) is 5.14. The normalized spacial score (nSPS) is 21.8. The Kier molecular flexibility index (Phi) is 7.76.